The van der Waals surface area contributed by atoms with E-state index in [0.717, 1.165) is 5.69 Å². The van der Waals surface area contributed by atoms with Crippen LogP contribution in [0.2, 0.25) is 0 Å². The molecule has 0 saturated heterocycles. The maximum Gasteiger partial charge on any atom is 0.332 e. The summed E-state index contributed by atoms with van der Waals surface area (Å²) in [5.41, 5.74) is 1.39. The van der Waals surface area contributed by atoms with Gasteiger partial charge in [-0.1, -0.05) is 0 Å². The first-order chi connectivity index (χ1) is 8.58. The Balaban J connectivity index is 2.48. The minimum atomic E-state index is -0.630. The lowest BCUT2D eigenvalue weighted by atomic mass is 10.0. The van der Waals surface area contributed by atoms with Crippen LogP contribution in [-0.2, 0) is 9.53 Å². The highest BCUT2D eigenvalue weighted by Gasteiger charge is 2.29. The Labute approximate surface area is 105 Å². The summed E-state index contributed by atoms with van der Waals surface area (Å²) in [7, 11) is 4.66. The van der Waals surface area contributed by atoms with Crippen molar-refractivity contribution >= 4 is 17.4 Å². The molecule has 0 saturated carbocycles. The summed E-state index contributed by atoms with van der Waals surface area (Å²) in [5, 5.41) is 9.94. The van der Waals surface area contributed by atoms with Crippen molar-refractivity contribution in [3.63, 3.8) is 0 Å². The SMILES string of the molecule is COC(=O)C1C=C(O)c2ccc(OC)cc2N1C. The van der Waals surface area contributed by atoms with Crippen molar-refractivity contribution < 1.29 is 19.4 Å². The number of aliphatic hydroxyl groups is 1. The minimum Gasteiger partial charge on any atom is -0.507 e. The molecule has 1 N–H and O–H groups in total. The van der Waals surface area contributed by atoms with E-state index in [1.165, 1.54) is 13.2 Å². The zero-order valence-electron chi connectivity index (χ0n) is 10.5. The number of fused-ring (bicyclic) bond motifs is 1. The number of hydrogen-bond acceptors (Lipinski definition) is 5. The first-order valence-electron chi connectivity index (χ1n) is 5.48. The van der Waals surface area contributed by atoms with E-state index in [0.29, 0.717) is 11.3 Å². The number of carbonyl (C=O) groups excluding carboxylic acids is 1. The number of methoxy groups -OCH3 is 2. The fourth-order valence-corrected chi connectivity index (χ4v) is 1.99. The summed E-state index contributed by atoms with van der Waals surface area (Å²) < 4.78 is 9.85. The lowest BCUT2D eigenvalue weighted by Gasteiger charge is -2.31. The normalized spacial score (nSPS) is 17.8. The fourth-order valence-electron chi connectivity index (χ4n) is 1.99. The van der Waals surface area contributed by atoms with E-state index in [-0.39, 0.29) is 5.76 Å². The number of likely N-dealkylation sites (N-methyl/N-ethyl adjacent to an activating group) is 1. The Hall–Kier alpha value is -2.17. The Bertz CT molecular complexity index is 510. The van der Waals surface area contributed by atoms with Crippen LogP contribution in [0.3, 0.4) is 0 Å². The molecule has 5 nitrogen and oxygen atoms in total. The monoisotopic (exact) mass is 249 g/mol. The van der Waals surface area contributed by atoms with Crippen LogP contribution in [-0.4, -0.2) is 38.4 Å². The van der Waals surface area contributed by atoms with Crippen LogP contribution in [0.25, 0.3) is 5.76 Å². The van der Waals surface area contributed by atoms with Gasteiger partial charge in [0.2, 0.25) is 0 Å². The number of esters is 1. The third kappa shape index (κ3) is 1.88. The number of carbonyl (C=O) groups is 1. The minimum absolute atomic E-state index is 0.0705. The predicted octanol–water partition coefficient (Wildman–Crippen LogP) is 1.59. The van der Waals surface area contributed by atoms with Gasteiger partial charge in [-0.05, 0) is 18.2 Å². The molecule has 1 aromatic carbocycles. The molecule has 96 valence electrons. The first kappa shape index (κ1) is 12.3. The van der Waals surface area contributed by atoms with Gasteiger partial charge >= 0.3 is 5.97 Å². The van der Waals surface area contributed by atoms with Crippen molar-refractivity contribution in [2.45, 2.75) is 6.04 Å². The lowest BCUT2D eigenvalue weighted by Crippen LogP contribution is -2.40. The van der Waals surface area contributed by atoms with Gasteiger partial charge in [0, 0.05) is 18.7 Å². The van der Waals surface area contributed by atoms with Crippen molar-refractivity contribution in [2.24, 2.45) is 0 Å². The molecule has 1 unspecified atom stereocenters. The molecule has 0 aromatic heterocycles. The van der Waals surface area contributed by atoms with Gasteiger partial charge in [-0.2, -0.15) is 0 Å². The van der Waals surface area contributed by atoms with Crippen LogP contribution in [0.15, 0.2) is 24.3 Å². The van der Waals surface area contributed by atoms with Crippen LogP contribution in [0, 0.1) is 0 Å². The smallest absolute Gasteiger partial charge is 0.332 e. The first-order valence-corrected chi connectivity index (χ1v) is 5.48. The summed E-state index contributed by atoms with van der Waals surface area (Å²) in [6, 6.07) is 4.66. The summed E-state index contributed by atoms with van der Waals surface area (Å²) in [5.74, 6) is 0.317. The van der Waals surface area contributed by atoms with Gasteiger partial charge in [-0.25, -0.2) is 4.79 Å². The molecule has 0 aliphatic carbocycles. The Morgan fingerprint density at radius 1 is 1.39 bits per heavy atom. The molecule has 1 atom stereocenters. The van der Waals surface area contributed by atoms with Gasteiger partial charge in [0.25, 0.3) is 0 Å². The van der Waals surface area contributed by atoms with E-state index < -0.39 is 12.0 Å². The molecule has 1 heterocycles. The number of hydrogen-bond donors (Lipinski definition) is 1. The maximum absolute atomic E-state index is 11.6. The van der Waals surface area contributed by atoms with Crippen molar-refractivity contribution in [2.75, 3.05) is 26.2 Å². The second-order valence-electron chi connectivity index (χ2n) is 4.01. The Morgan fingerprint density at radius 3 is 2.72 bits per heavy atom. The second-order valence-corrected chi connectivity index (χ2v) is 4.01. The van der Waals surface area contributed by atoms with Crippen LogP contribution in [0.1, 0.15) is 5.56 Å². The third-order valence-electron chi connectivity index (χ3n) is 3.04. The molecule has 0 fully saturated rings. The zero-order valence-corrected chi connectivity index (χ0v) is 10.5. The van der Waals surface area contributed by atoms with E-state index in [2.05, 4.69) is 0 Å². The molecule has 2 rings (SSSR count). The van der Waals surface area contributed by atoms with Gasteiger partial charge in [0.15, 0.2) is 0 Å². The fraction of sp³-hybridized carbons (Fsp3) is 0.308. The number of ether oxygens (including phenoxy) is 2. The summed E-state index contributed by atoms with van der Waals surface area (Å²) in [4.78, 5) is 13.4. The van der Waals surface area contributed by atoms with E-state index in [1.54, 1.807) is 37.3 Å². The maximum atomic E-state index is 11.6. The standard InChI is InChI=1S/C13H15NO4/c1-14-10-6-8(17-2)4-5-9(10)12(15)7-11(14)13(16)18-3/h4-7,11,15H,1-3H3. The van der Waals surface area contributed by atoms with Crippen molar-refractivity contribution in [1.29, 1.82) is 0 Å². The summed E-state index contributed by atoms with van der Waals surface area (Å²) in [6.07, 6.45) is 1.47. The van der Waals surface area contributed by atoms with E-state index in [1.807, 2.05) is 0 Å². The highest BCUT2D eigenvalue weighted by atomic mass is 16.5. The van der Waals surface area contributed by atoms with Crippen molar-refractivity contribution in [3.05, 3.63) is 29.8 Å². The highest BCUT2D eigenvalue weighted by Crippen LogP contribution is 2.34. The molecule has 0 radical (unpaired) electrons. The molecular weight excluding hydrogens is 234 g/mol. The van der Waals surface area contributed by atoms with Crippen LogP contribution >= 0.6 is 0 Å². The molecule has 1 aliphatic rings. The molecule has 18 heavy (non-hydrogen) atoms. The van der Waals surface area contributed by atoms with Crippen molar-refractivity contribution in [1.82, 2.24) is 0 Å². The average molecular weight is 249 g/mol. The number of benzene rings is 1. The van der Waals surface area contributed by atoms with Gasteiger partial charge in [0.1, 0.15) is 17.6 Å². The lowest BCUT2D eigenvalue weighted by molar-refractivity contribution is -0.141. The summed E-state index contributed by atoms with van der Waals surface area (Å²) in [6.45, 7) is 0. The number of anilines is 1. The number of rotatable bonds is 2. The van der Waals surface area contributed by atoms with E-state index in [9.17, 15) is 9.90 Å². The predicted molar refractivity (Wildman–Crippen MR) is 67.8 cm³/mol. The third-order valence-corrected chi connectivity index (χ3v) is 3.04. The van der Waals surface area contributed by atoms with Crippen LogP contribution in [0.5, 0.6) is 5.75 Å². The van der Waals surface area contributed by atoms with E-state index >= 15 is 0 Å². The number of aliphatic hydroxyl groups excluding tert-OH is 1. The molecule has 0 amide bonds. The zero-order chi connectivity index (χ0) is 13.3. The van der Waals surface area contributed by atoms with E-state index in [4.69, 9.17) is 9.47 Å². The average Bonchev–Trinajstić information content (AvgIpc) is 2.41. The second kappa shape index (κ2) is 4.60. The number of nitrogens with zero attached hydrogens (tertiary/aromatic N) is 1. The molecule has 1 aromatic rings. The highest BCUT2D eigenvalue weighted by molar-refractivity contribution is 5.90. The Kier molecular flexibility index (Phi) is 3.14. The van der Waals surface area contributed by atoms with Gasteiger partial charge < -0.3 is 19.5 Å². The van der Waals surface area contributed by atoms with Gasteiger partial charge in [0.05, 0.1) is 19.9 Å². The Morgan fingerprint density at radius 2 is 2.11 bits per heavy atom. The van der Waals surface area contributed by atoms with Gasteiger partial charge in [-0.3, -0.25) is 0 Å². The van der Waals surface area contributed by atoms with Crippen molar-refractivity contribution in [3.8, 4) is 5.75 Å². The summed E-state index contributed by atoms with van der Waals surface area (Å²) >= 11 is 0. The molecule has 5 heteroatoms. The van der Waals surface area contributed by atoms with Crippen LogP contribution < -0.4 is 9.64 Å². The van der Waals surface area contributed by atoms with Gasteiger partial charge in [-0.15, -0.1) is 0 Å². The largest absolute Gasteiger partial charge is 0.507 e. The quantitative estimate of drug-likeness (QED) is 0.806. The molecular formula is C13H15NO4. The molecule has 0 bridgehead atoms. The molecule has 0 spiro atoms. The topological polar surface area (TPSA) is 59.0 Å². The molecule has 1 aliphatic heterocycles. The van der Waals surface area contributed by atoms with Crippen LogP contribution in [0.4, 0.5) is 5.69 Å².